The minimum absolute atomic E-state index is 0.0488. The van der Waals surface area contributed by atoms with Crippen LogP contribution in [0, 0.1) is 0 Å². The van der Waals surface area contributed by atoms with E-state index in [0.29, 0.717) is 0 Å². The third-order valence-corrected chi connectivity index (χ3v) is 4.14. The first-order valence-electron chi connectivity index (χ1n) is 8.02. The zero-order valence-corrected chi connectivity index (χ0v) is 15.2. The van der Waals surface area contributed by atoms with Gasteiger partial charge in [-0.3, -0.25) is 5.10 Å². The molecule has 0 saturated heterocycles. The van der Waals surface area contributed by atoms with Crippen molar-refractivity contribution in [3.05, 3.63) is 58.7 Å². The summed E-state index contributed by atoms with van der Waals surface area (Å²) in [5.41, 5.74) is -0.376. The van der Waals surface area contributed by atoms with E-state index in [1.165, 1.54) is 24.4 Å². The number of rotatable bonds is 4. The number of aromatic nitrogens is 2. The molecule has 152 valence electrons. The van der Waals surface area contributed by atoms with Gasteiger partial charge in [-0.1, -0.05) is 23.7 Å². The second-order valence-corrected chi connectivity index (χ2v) is 6.28. The highest BCUT2D eigenvalue weighted by molar-refractivity contribution is 6.32. The van der Waals surface area contributed by atoms with Crippen molar-refractivity contribution in [3.63, 3.8) is 0 Å². The summed E-state index contributed by atoms with van der Waals surface area (Å²) < 4.78 is 43.3. The van der Waals surface area contributed by atoms with E-state index in [1.54, 1.807) is 0 Å². The molecule has 0 atom stereocenters. The standard InChI is InChI=1S/C18H13ClF3N3O4/c19-12-5-11(13(26)6-14(12)27)16-15(8-24-25-16)29-17(28)23-7-9-2-1-3-10(4-9)18(20,21)22/h1-6,8,26-27H,7H2,(H,23,28)(H,24,25). The number of phenols is 2. The molecule has 1 aromatic heterocycles. The molecule has 0 radical (unpaired) electrons. The molecular weight excluding hydrogens is 415 g/mol. The quantitative estimate of drug-likeness (QED) is 0.492. The summed E-state index contributed by atoms with van der Waals surface area (Å²) in [4.78, 5) is 12.0. The van der Waals surface area contributed by atoms with Crippen LogP contribution in [0.5, 0.6) is 17.2 Å². The average molecular weight is 428 g/mol. The van der Waals surface area contributed by atoms with E-state index >= 15 is 0 Å². The molecule has 7 nitrogen and oxygen atoms in total. The van der Waals surface area contributed by atoms with Gasteiger partial charge in [0, 0.05) is 18.2 Å². The van der Waals surface area contributed by atoms with Crippen molar-refractivity contribution in [2.75, 3.05) is 0 Å². The fourth-order valence-electron chi connectivity index (χ4n) is 2.46. The number of amides is 1. The fraction of sp³-hybridized carbons (Fsp3) is 0.111. The Morgan fingerprint density at radius 3 is 2.69 bits per heavy atom. The number of nitrogens with one attached hydrogen (secondary N) is 2. The van der Waals surface area contributed by atoms with Gasteiger partial charge in [0.05, 0.1) is 16.8 Å². The zero-order chi connectivity index (χ0) is 21.2. The molecule has 3 rings (SSSR count). The van der Waals surface area contributed by atoms with Crippen LogP contribution in [0.1, 0.15) is 11.1 Å². The number of carbonyl (C=O) groups excluding carboxylic acids is 1. The Balaban J connectivity index is 1.70. The van der Waals surface area contributed by atoms with Crippen molar-refractivity contribution in [1.29, 1.82) is 0 Å². The van der Waals surface area contributed by atoms with Crippen LogP contribution in [0.25, 0.3) is 11.3 Å². The molecule has 1 amide bonds. The van der Waals surface area contributed by atoms with Crippen LogP contribution in [-0.4, -0.2) is 26.5 Å². The molecule has 11 heteroatoms. The number of alkyl halides is 3. The van der Waals surface area contributed by atoms with Gasteiger partial charge in [-0.05, 0) is 23.8 Å². The van der Waals surface area contributed by atoms with Gasteiger partial charge in [0.15, 0.2) is 5.75 Å². The van der Waals surface area contributed by atoms with Gasteiger partial charge in [-0.25, -0.2) is 4.79 Å². The maximum absolute atomic E-state index is 12.7. The molecule has 0 saturated carbocycles. The second-order valence-electron chi connectivity index (χ2n) is 5.87. The number of aromatic amines is 1. The molecule has 2 aromatic carbocycles. The van der Waals surface area contributed by atoms with Crippen molar-refractivity contribution >= 4 is 17.7 Å². The predicted octanol–water partition coefficient (Wildman–Crippen LogP) is 4.45. The molecule has 29 heavy (non-hydrogen) atoms. The summed E-state index contributed by atoms with van der Waals surface area (Å²) in [5, 5.41) is 28.0. The van der Waals surface area contributed by atoms with Gasteiger partial charge in [0.2, 0.25) is 0 Å². The summed E-state index contributed by atoms with van der Waals surface area (Å²) in [5.74, 6) is -0.747. The minimum Gasteiger partial charge on any atom is -0.507 e. The van der Waals surface area contributed by atoms with Gasteiger partial charge < -0.3 is 20.3 Å². The average Bonchev–Trinajstić information content (AvgIpc) is 3.10. The lowest BCUT2D eigenvalue weighted by molar-refractivity contribution is -0.137. The highest BCUT2D eigenvalue weighted by Gasteiger charge is 2.30. The summed E-state index contributed by atoms with van der Waals surface area (Å²) in [6.07, 6.45) is -4.27. The molecule has 1 heterocycles. The van der Waals surface area contributed by atoms with Crippen molar-refractivity contribution in [2.45, 2.75) is 12.7 Å². The van der Waals surface area contributed by atoms with Crippen LogP contribution in [0.15, 0.2) is 42.6 Å². The number of hydrogen-bond acceptors (Lipinski definition) is 5. The van der Waals surface area contributed by atoms with Gasteiger partial charge in [-0.15, -0.1) is 0 Å². The Labute approximate surface area is 166 Å². The third-order valence-electron chi connectivity index (χ3n) is 3.83. The zero-order valence-electron chi connectivity index (χ0n) is 14.4. The Bertz CT molecular complexity index is 1050. The summed E-state index contributed by atoms with van der Waals surface area (Å²) in [6.45, 7) is -0.202. The van der Waals surface area contributed by atoms with Crippen LogP contribution in [-0.2, 0) is 12.7 Å². The number of carbonyl (C=O) groups is 1. The minimum atomic E-state index is -4.49. The van der Waals surface area contributed by atoms with Crippen LogP contribution in [0.3, 0.4) is 0 Å². The Kier molecular flexibility index (Phi) is 5.55. The van der Waals surface area contributed by atoms with Crippen molar-refractivity contribution in [1.82, 2.24) is 15.5 Å². The van der Waals surface area contributed by atoms with E-state index in [9.17, 15) is 28.2 Å². The first-order valence-corrected chi connectivity index (χ1v) is 8.40. The molecule has 3 aromatic rings. The molecule has 4 N–H and O–H groups in total. The van der Waals surface area contributed by atoms with Gasteiger partial charge >= 0.3 is 12.3 Å². The number of aromatic hydroxyl groups is 2. The third kappa shape index (κ3) is 4.72. The van der Waals surface area contributed by atoms with E-state index in [4.69, 9.17) is 16.3 Å². The lowest BCUT2D eigenvalue weighted by Crippen LogP contribution is -2.26. The topological polar surface area (TPSA) is 107 Å². The number of halogens is 4. The number of ether oxygens (including phenoxy) is 1. The van der Waals surface area contributed by atoms with Crippen molar-refractivity contribution < 1.29 is 32.9 Å². The maximum atomic E-state index is 12.7. The van der Waals surface area contributed by atoms with Crippen LogP contribution >= 0.6 is 11.6 Å². The van der Waals surface area contributed by atoms with Crippen LogP contribution in [0.4, 0.5) is 18.0 Å². The van der Waals surface area contributed by atoms with E-state index < -0.39 is 17.8 Å². The number of phenolic OH excluding ortho intramolecular Hbond substituents is 2. The summed E-state index contributed by atoms with van der Waals surface area (Å²) in [7, 11) is 0. The van der Waals surface area contributed by atoms with Gasteiger partial charge in [-0.2, -0.15) is 18.3 Å². The van der Waals surface area contributed by atoms with Crippen LogP contribution < -0.4 is 10.1 Å². The molecule has 0 aliphatic rings. The molecule has 0 aliphatic heterocycles. The van der Waals surface area contributed by atoms with E-state index in [2.05, 4.69) is 15.5 Å². The molecular formula is C18H13ClF3N3O4. The Morgan fingerprint density at radius 1 is 1.21 bits per heavy atom. The van der Waals surface area contributed by atoms with Gasteiger partial charge in [0.1, 0.15) is 17.2 Å². The maximum Gasteiger partial charge on any atom is 0.416 e. The number of nitrogens with zero attached hydrogens (tertiary/aromatic N) is 1. The fourth-order valence-corrected chi connectivity index (χ4v) is 2.63. The first kappa shape index (κ1) is 20.3. The highest BCUT2D eigenvalue weighted by Crippen LogP contribution is 2.39. The normalized spacial score (nSPS) is 11.3. The Morgan fingerprint density at radius 2 is 1.97 bits per heavy atom. The molecule has 0 spiro atoms. The van der Waals surface area contributed by atoms with E-state index in [1.807, 2.05) is 0 Å². The number of H-pyrrole nitrogens is 1. The molecule has 0 fully saturated rings. The van der Waals surface area contributed by atoms with Crippen molar-refractivity contribution in [3.8, 4) is 28.5 Å². The summed E-state index contributed by atoms with van der Waals surface area (Å²) in [6, 6.07) is 6.75. The van der Waals surface area contributed by atoms with Crippen molar-refractivity contribution in [2.24, 2.45) is 0 Å². The largest absolute Gasteiger partial charge is 0.507 e. The predicted molar refractivity (Wildman–Crippen MR) is 96.7 cm³/mol. The van der Waals surface area contributed by atoms with E-state index in [-0.39, 0.29) is 45.6 Å². The first-order chi connectivity index (χ1) is 13.6. The molecule has 0 unspecified atom stereocenters. The lowest BCUT2D eigenvalue weighted by atomic mass is 10.1. The highest BCUT2D eigenvalue weighted by atomic mass is 35.5. The summed E-state index contributed by atoms with van der Waals surface area (Å²) >= 11 is 5.83. The smallest absolute Gasteiger partial charge is 0.416 e. The van der Waals surface area contributed by atoms with Gasteiger partial charge in [0.25, 0.3) is 0 Å². The van der Waals surface area contributed by atoms with E-state index in [0.717, 1.165) is 18.2 Å². The SMILES string of the molecule is O=C(NCc1cccc(C(F)(F)F)c1)Oc1cn[nH]c1-c1cc(Cl)c(O)cc1O. The molecule has 0 bridgehead atoms. The number of hydrogen-bond donors (Lipinski definition) is 4. The Hall–Kier alpha value is -3.40. The molecule has 0 aliphatic carbocycles. The lowest BCUT2D eigenvalue weighted by Gasteiger charge is -2.10. The number of benzene rings is 2. The second kappa shape index (κ2) is 7.92. The monoisotopic (exact) mass is 427 g/mol. The van der Waals surface area contributed by atoms with Crippen LogP contribution in [0.2, 0.25) is 5.02 Å².